The van der Waals surface area contributed by atoms with Crippen LogP contribution in [0.5, 0.6) is 0 Å². The molecule has 0 bridgehead atoms. The van der Waals surface area contributed by atoms with Gasteiger partial charge in [-0.25, -0.2) is 0 Å². The molecule has 2 aromatic carbocycles. The second-order valence-electron chi connectivity index (χ2n) is 6.52. The molecule has 0 unspecified atom stereocenters. The molecular weight excluding hydrogens is 385 g/mol. The molecule has 0 aliphatic rings. The van der Waals surface area contributed by atoms with Crippen LogP contribution in [-0.4, -0.2) is 14.6 Å². The Bertz CT molecular complexity index is 1150. The molecule has 0 saturated carbocycles. The van der Waals surface area contributed by atoms with Crippen molar-refractivity contribution in [1.29, 1.82) is 0 Å². The van der Waals surface area contributed by atoms with Gasteiger partial charge in [-0.15, -0.1) is 10.2 Å². The first-order chi connectivity index (χ1) is 12.4. The molecule has 0 amide bonds. The normalized spacial score (nSPS) is 11.6. The van der Waals surface area contributed by atoms with Gasteiger partial charge >= 0.3 is 0 Å². The van der Waals surface area contributed by atoms with Crippen molar-refractivity contribution >= 4 is 51.5 Å². The topological polar surface area (TPSA) is 30.2 Å². The quantitative estimate of drug-likeness (QED) is 0.371. The zero-order valence-corrected chi connectivity index (χ0v) is 17.0. The van der Waals surface area contributed by atoms with E-state index in [2.05, 4.69) is 53.6 Å². The van der Waals surface area contributed by atoms with Crippen molar-refractivity contribution in [3.8, 4) is 0 Å². The van der Waals surface area contributed by atoms with E-state index < -0.39 is 0 Å². The summed E-state index contributed by atoms with van der Waals surface area (Å²) < 4.78 is 2.15. The number of nitrogens with zero attached hydrogens (tertiary/aromatic N) is 3. The summed E-state index contributed by atoms with van der Waals surface area (Å²) in [4.78, 5) is 0. The van der Waals surface area contributed by atoms with E-state index in [0.717, 1.165) is 22.1 Å². The lowest BCUT2D eigenvalue weighted by Gasteiger charge is -2.11. The van der Waals surface area contributed by atoms with Crippen LogP contribution in [0.1, 0.15) is 22.3 Å². The third kappa shape index (κ3) is 3.07. The zero-order chi connectivity index (χ0) is 18.4. The van der Waals surface area contributed by atoms with E-state index in [0.29, 0.717) is 10.0 Å². The summed E-state index contributed by atoms with van der Waals surface area (Å²) >= 11 is 13.8. The molecule has 3 nitrogen and oxygen atoms in total. The number of hydrogen-bond donors (Lipinski definition) is 0. The molecule has 2 heterocycles. The predicted molar refractivity (Wildman–Crippen MR) is 111 cm³/mol. The van der Waals surface area contributed by atoms with Crippen LogP contribution < -0.4 is 0 Å². The van der Waals surface area contributed by atoms with Crippen molar-refractivity contribution < 1.29 is 0 Å². The summed E-state index contributed by atoms with van der Waals surface area (Å²) in [6.45, 7) is 6.39. The first kappa shape index (κ1) is 17.7. The molecule has 0 spiro atoms. The lowest BCUT2D eigenvalue weighted by atomic mass is 10.0. The highest BCUT2D eigenvalue weighted by Gasteiger charge is 2.14. The van der Waals surface area contributed by atoms with Crippen molar-refractivity contribution in [2.24, 2.45) is 0 Å². The lowest BCUT2D eigenvalue weighted by molar-refractivity contribution is 0.937. The molecule has 0 radical (unpaired) electrons. The molecule has 0 N–H and O–H groups in total. The van der Waals surface area contributed by atoms with Crippen LogP contribution in [0.15, 0.2) is 41.6 Å². The van der Waals surface area contributed by atoms with Gasteiger partial charge in [-0.2, -0.15) is 0 Å². The molecule has 4 aromatic rings. The van der Waals surface area contributed by atoms with Gasteiger partial charge in [-0.1, -0.05) is 52.7 Å². The largest absolute Gasteiger partial charge is 0.270 e. The van der Waals surface area contributed by atoms with Crippen LogP contribution in [0.2, 0.25) is 10.0 Å². The van der Waals surface area contributed by atoms with Crippen LogP contribution in [0.4, 0.5) is 0 Å². The Morgan fingerprint density at radius 3 is 2.50 bits per heavy atom. The third-order valence-corrected chi connectivity index (χ3v) is 6.19. The number of rotatable bonds is 3. The Morgan fingerprint density at radius 1 is 0.923 bits per heavy atom. The van der Waals surface area contributed by atoms with E-state index in [1.54, 1.807) is 11.8 Å². The molecule has 6 heteroatoms. The number of aryl methyl sites for hydroxylation is 3. The molecule has 0 aliphatic carbocycles. The molecule has 0 fully saturated rings. The van der Waals surface area contributed by atoms with Crippen LogP contribution in [0, 0.1) is 20.8 Å². The number of fused-ring (bicyclic) bond motifs is 3. The maximum Gasteiger partial charge on any atom is 0.196 e. The van der Waals surface area contributed by atoms with Crippen molar-refractivity contribution in [3.63, 3.8) is 0 Å². The second kappa shape index (κ2) is 6.76. The molecule has 0 aliphatic heterocycles. The predicted octanol–water partition coefficient (Wildman–Crippen LogP) is 6.41. The zero-order valence-electron chi connectivity index (χ0n) is 14.7. The molecule has 2 aromatic heterocycles. The maximum absolute atomic E-state index is 6.13. The minimum Gasteiger partial charge on any atom is -0.270 e. The van der Waals surface area contributed by atoms with Gasteiger partial charge in [-0.3, -0.25) is 4.40 Å². The number of pyridine rings is 1. The van der Waals surface area contributed by atoms with Gasteiger partial charge in [0.1, 0.15) is 0 Å². The smallest absolute Gasteiger partial charge is 0.196 e. The van der Waals surface area contributed by atoms with Crippen LogP contribution in [0.25, 0.3) is 16.6 Å². The van der Waals surface area contributed by atoms with Crippen LogP contribution >= 0.6 is 35.0 Å². The van der Waals surface area contributed by atoms with Crippen molar-refractivity contribution in [1.82, 2.24) is 14.6 Å². The van der Waals surface area contributed by atoms with E-state index in [1.807, 2.05) is 18.2 Å². The van der Waals surface area contributed by atoms with Gasteiger partial charge in [0.25, 0.3) is 0 Å². The van der Waals surface area contributed by atoms with E-state index in [9.17, 15) is 0 Å². The second-order valence-corrected chi connectivity index (χ2v) is 8.28. The molecule has 0 atom stereocenters. The number of aromatic nitrogens is 3. The number of halogens is 2. The Hall–Kier alpha value is -1.75. The minimum absolute atomic E-state index is 0.570. The fraction of sp³-hybridized carbons (Fsp3) is 0.200. The monoisotopic (exact) mass is 401 g/mol. The van der Waals surface area contributed by atoms with Crippen molar-refractivity contribution in [2.45, 2.75) is 31.7 Å². The number of benzene rings is 2. The standard InChI is InChI=1S/C20H17Cl2N3S/c1-11-6-13(3)19-15(7-11)12(2)8-18-23-24-20(25(18)19)26-10-14-4-5-16(21)17(22)9-14/h4-9H,10H2,1-3H3. The average Bonchev–Trinajstić information content (AvgIpc) is 2.98. The van der Waals surface area contributed by atoms with Gasteiger partial charge in [-0.05, 0) is 61.7 Å². The van der Waals surface area contributed by atoms with Crippen molar-refractivity contribution in [3.05, 3.63) is 68.7 Å². The van der Waals surface area contributed by atoms with Gasteiger partial charge in [0.15, 0.2) is 10.8 Å². The Kier molecular flexibility index (Phi) is 4.59. The number of hydrogen-bond acceptors (Lipinski definition) is 3. The SMILES string of the molecule is Cc1cc(C)c2c(c1)c(C)cc1nnc(SCc3ccc(Cl)c(Cl)c3)n12. The highest BCUT2D eigenvalue weighted by atomic mass is 35.5. The fourth-order valence-corrected chi connectivity index (χ4v) is 4.49. The van der Waals surface area contributed by atoms with Gasteiger partial charge in [0.05, 0.1) is 15.6 Å². The van der Waals surface area contributed by atoms with Gasteiger partial charge in [0.2, 0.25) is 0 Å². The summed E-state index contributed by atoms with van der Waals surface area (Å²) in [6.07, 6.45) is 0. The maximum atomic E-state index is 6.13. The van der Waals surface area contributed by atoms with E-state index in [4.69, 9.17) is 23.2 Å². The average molecular weight is 402 g/mol. The van der Waals surface area contributed by atoms with Gasteiger partial charge < -0.3 is 0 Å². The molecular formula is C20H17Cl2N3S. The Labute approximate surface area is 166 Å². The van der Waals surface area contributed by atoms with E-state index in [1.165, 1.54) is 27.6 Å². The Morgan fingerprint density at radius 2 is 1.73 bits per heavy atom. The third-order valence-electron chi connectivity index (χ3n) is 4.45. The van der Waals surface area contributed by atoms with E-state index >= 15 is 0 Å². The molecule has 0 saturated heterocycles. The summed E-state index contributed by atoms with van der Waals surface area (Å²) in [5.74, 6) is 0.748. The highest BCUT2D eigenvalue weighted by molar-refractivity contribution is 7.98. The molecule has 26 heavy (non-hydrogen) atoms. The number of thioether (sulfide) groups is 1. The van der Waals surface area contributed by atoms with Crippen LogP contribution in [-0.2, 0) is 5.75 Å². The summed E-state index contributed by atoms with van der Waals surface area (Å²) in [5.41, 5.74) is 6.85. The summed E-state index contributed by atoms with van der Waals surface area (Å²) in [5, 5.41) is 12.1. The minimum atomic E-state index is 0.570. The summed E-state index contributed by atoms with van der Waals surface area (Å²) in [6, 6.07) is 12.2. The highest BCUT2D eigenvalue weighted by Crippen LogP contribution is 2.31. The lowest BCUT2D eigenvalue weighted by Crippen LogP contribution is -1.97. The summed E-state index contributed by atoms with van der Waals surface area (Å²) in [7, 11) is 0. The van der Waals surface area contributed by atoms with E-state index in [-0.39, 0.29) is 0 Å². The first-order valence-corrected chi connectivity index (χ1v) is 10.0. The van der Waals surface area contributed by atoms with Gasteiger partial charge in [0, 0.05) is 11.1 Å². The molecule has 132 valence electrons. The fourth-order valence-electron chi connectivity index (χ4n) is 3.28. The first-order valence-electron chi connectivity index (χ1n) is 8.26. The van der Waals surface area contributed by atoms with Crippen LogP contribution in [0.3, 0.4) is 0 Å². The van der Waals surface area contributed by atoms with Crippen molar-refractivity contribution in [2.75, 3.05) is 0 Å². The Balaban J connectivity index is 1.81. The molecule has 4 rings (SSSR count).